The van der Waals surface area contributed by atoms with Gasteiger partial charge in [-0.2, -0.15) is 0 Å². The summed E-state index contributed by atoms with van der Waals surface area (Å²) < 4.78 is 5.51. The summed E-state index contributed by atoms with van der Waals surface area (Å²) in [7, 11) is 0. The number of benzene rings is 1. The lowest BCUT2D eigenvalue weighted by Gasteiger charge is -2.21. The third kappa shape index (κ3) is 2.79. The van der Waals surface area contributed by atoms with E-state index >= 15 is 0 Å². The van der Waals surface area contributed by atoms with Gasteiger partial charge in [-0.15, -0.1) is 0 Å². The number of hydrogen-bond donors (Lipinski definition) is 2. The van der Waals surface area contributed by atoms with Gasteiger partial charge < -0.3 is 15.2 Å². The first-order chi connectivity index (χ1) is 8.24. The highest BCUT2D eigenvalue weighted by atomic mass is 16.5. The minimum absolute atomic E-state index is 0.129. The summed E-state index contributed by atoms with van der Waals surface area (Å²) in [5.41, 5.74) is 2.59. The van der Waals surface area contributed by atoms with Gasteiger partial charge in [0.1, 0.15) is 5.75 Å². The van der Waals surface area contributed by atoms with Gasteiger partial charge in [0.25, 0.3) is 0 Å². The molecule has 1 heterocycles. The molecule has 17 heavy (non-hydrogen) atoms. The van der Waals surface area contributed by atoms with Gasteiger partial charge in [-0.05, 0) is 30.5 Å². The summed E-state index contributed by atoms with van der Waals surface area (Å²) in [6.45, 7) is 5.13. The minimum atomic E-state index is 0.129. The van der Waals surface area contributed by atoms with Crippen LogP contribution in [0.25, 0.3) is 0 Å². The van der Waals surface area contributed by atoms with Crippen molar-refractivity contribution in [3.8, 4) is 5.75 Å². The lowest BCUT2D eigenvalue weighted by atomic mass is 10.00. The first-order valence-corrected chi connectivity index (χ1v) is 6.37. The average Bonchev–Trinajstić information content (AvgIpc) is 2.82. The molecule has 0 saturated heterocycles. The zero-order chi connectivity index (χ0) is 12.3. The lowest BCUT2D eigenvalue weighted by molar-refractivity contribution is 0.239. The highest BCUT2D eigenvalue weighted by Gasteiger charge is 2.16. The molecule has 0 saturated carbocycles. The van der Waals surface area contributed by atoms with E-state index in [1.165, 1.54) is 11.1 Å². The molecule has 2 atom stereocenters. The van der Waals surface area contributed by atoms with Crippen LogP contribution >= 0.6 is 0 Å². The van der Waals surface area contributed by atoms with Gasteiger partial charge in [-0.3, -0.25) is 0 Å². The molecule has 1 aliphatic heterocycles. The second kappa shape index (κ2) is 5.52. The molecule has 2 N–H and O–H groups in total. The highest BCUT2D eigenvalue weighted by Crippen LogP contribution is 2.29. The van der Waals surface area contributed by atoms with Crippen LogP contribution in [0.3, 0.4) is 0 Å². The number of fused-ring (bicyclic) bond motifs is 1. The first-order valence-electron chi connectivity index (χ1n) is 6.37. The van der Waals surface area contributed by atoms with E-state index in [1.807, 2.05) is 6.92 Å². The van der Waals surface area contributed by atoms with E-state index in [1.54, 1.807) is 0 Å². The van der Waals surface area contributed by atoms with Crippen LogP contribution in [0.5, 0.6) is 5.75 Å². The quantitative estimate of drug-likeness (QED) is 0.820. The van der Waals surface area contributed by atoms with Gasteiger partial charge >= 0.3 is 0 Å². The summed E-state index contributed by atoms with van der Waals surface area (Å²) in [4.78, 5) is 0. The molecule has 1 aromatic rings. The van der Waals surface area contributed by atoms with Crippen molar-refractivity contribution in [2.45, 2.75) is 38.8 Å². The van der Waals surface area contributed by atoms with Crippen LogP contribution in [0.15, 0.2) is 18.2 Å². The van der Waals surface area contributed by atoms with Crippen LogP contribution in [-0.4, -0.2) is 24.4 Å². The van der Waals surface area contributed by atoms with E-state index in [2.05, 4.69) is 30.4 Å². The SMILES string of the molecule is CCC(N[C@H](C)CO)c1ccc2c(c1)CCO2. The molecule has 0 aromatic heterocycles. The fourth-order valence-corrected chi connectivity index (χ4v) is 2.27. The summed E-state index contributed by atoms with van der Waals surface area (Å²) in [5, 5.41) is 12.5. The van der Waals surface area contributed by atoms with Crippen molar-refractivity contribution in [2.24, 2.45) is 0 Å². The molecule has 0 bridgehead atoms. The van der Waals surface area contributed by atoms with Gasteiger partial charge in [-0.25, -0.2) is 0 Å². The molecule has 0 fully saturated rings. The van der Waals surface area contributed by atoms with E-state index in [0.717, 1.165) is 25.2 Å². The van der Waals surface area contributed by atoms with Crippen LogP contribution < -0.4 is 10.1 Å². The van der Waals surface area contributed by atoms with E-state index < -0.39 is 0 Å². The summed E-state index contributed by atoms with van der Waals surface area (Å²) in [6, 6.07) is 6.85. The first kappa shape index (κ1) is 12.4. The van der Waals surface area contributed by atoms with Crippen LogP contribution in [0.2, 0.25) is 0 Å². The number of aliphatic hydroxyl groups is 1. The van der Waals surface area contributed by atoms with Gasteiger partial charge in [0.2, 0.25) is 0 Å². The Morgan fingerprint density at radius 2 is 2.29 bits per heavy atom. The van der Waals surface area contributed by atoms with Crippen molar-refractivity contribution >= 4 is 0 Å². The van der Waals surface area contributed by atoms with Crippen LogP contribution in [-0.2, 0) is 6.42 Å². The molecule has 3 nitrogen and oxygen atoms in total. The topological polar surface area (TPSA) is 41.5 Å². The maximum absolute atomic E-state index is 9.10. The molecular formula is C14H21NO2. The molecule has 0 amide bonds. The van der Waals surface area contributed by atoms with Crippen molar-refractivity contribution in [1.29, 1.82) is 0 Å². The monoisotopic (exact) mass is 235 g/mol. The molecule has 0 aliphatic carbocycles. The second-order valence-corrected chi connectivity index (χ2v) is 4.68. The normalized spacial score (nSPS) is 17.4. The third-order valence-corrected chi connectivity index (χ3v) is 3.28. The van der Waals surface area contributed by atoms with Gasteiger partial charge in [0, 0.05) is 18.5 Å². The zero-order valence-corrected chi connectivity index (χ0v) is 10.6. The molecule has 1 unspecified atom stereocenters. The number of nitrogens with one attached hydrogen (secondary N) is 1. The lowest BCUT2D eigenvalue weighted by Crippen LogP contribution is -2.32. The number of aliphatic hydroxyl groups excluding tert-OH is 1. The van der Waals surface area contributed by atoms with E-state index in [-0.39, 0.29) is 12.6 Å². The van der Waals surface area contributed by atoms with Crippen LogP contribution in [0.4, 0.5) is 0 Å². The summed E-state index contributed by atoms with van der Waals surface area (Å²) >= 11 is 0. The molecule has 1 aliphatic rings. The van der Waals surface area contributed by atoms with E-state index in [9.17, 15) is 0 Å². The summed E-state index contributed by atoms with van der Waals surface area (Å²) in [6.07, 6.45) is 2.03. The van der Waals surface area contributed by atoms with E-state index in [4.69, 9.17) is 9.84 Å². The zero-order valence-electron chi connectivity index (χ0n) is 10.6. The van der Waals surface area contributed by atoms with E-state index in [0.29, 0.717) is 6.04 Å². The second-order valence-electron chi connectivity index (χ2n) is 4.68. The molecule has 94 valence electrons. The molecule has 0 radical (unpaired) electrons. The maximum Gasteiger partial charge on any atom is 0.122 e. The average molecular weight is 235 g/mol. The third-order valence-electron chi connectivity index (χ3n) is 3.28. The van der Waals surface area contributed by atoms with Crippen molar-refractivity contribution in [2.75, 3.05) is 13.2 Å². The molecular weight excluding hydrogens is 214 g/mol. The number of rotatable bonds is 5. The summed E-state index contributed by atoms with van der Waals surface area (Å²) in [5.74, 6) is 1.03. The van der Waals surface area contributed by atoms with Crippen molar-refractivity contribution in [3.05, 3.63) is 29.3 Å². The Bertz CT molecular complexity index is 378. The Hall–Kier alpha value is -1.06. The number of ether oxygens (including phenoxy) is 1. The smallest absolute Gasteiger partial charge is 0.122 e. The van der Waals surface area contributed by atoms with Crippen molar-refractivity contribution < 1.29 is 9.84 Å². The molecule has 3 heteroatoms. The maximum atomic E-state index is 9.10. The van der Waals surface area contributed by atoms with Crippen molar-refractivity contribution in [1.82, 2.24) is 5.32 Å². The standard InChI is InChI=1S/C14H21NO2/c1-3-13(15-10(2)9-16)11-4-5-14-12(8-11)6-7-17-14/h4-5,8,10,13,15-16H,3,6-7,9H2,1-2H3/t10-,13?/m1/s1. The Balaban J connectivity index is 2.14. The molecule has 0 spiro atoms. The van der Waals surface area contributed by atoms with Crippen LogP contribution in [0.1, 0.15) is 37.4 Å². The Morgan fingerprint density at radius 3 is 3.00 bits per heavy atom. The predicted octanol–water partition coefficient (Wildman–Crippen LogP) is 2.04. The molecule has 1 aromatic carbocycles. The Kier molecular flexibility index (Phi) is 4.02. The van der Waals surface area contributed by atoms with Gasteiger partial charge in [0.15, 0.2) is 0 Å². The van der Waals surface area contributed by atoms with Gasteiger partial charge in [-0.1, -0.05) is 19.1 Å². The Labute approximate surface area is 103 Å². The fraction of sp³-hybridized carbons (Fsp3) is 0.571. The highest BCUT2D eigenvalue weighted by molar-refractivity contribution is 5.40. The number of hydrogen-bond acceptors (Lipinski definition) is 3. The van der Waals surface area contributed by atoms with Crippen LogP contribution in [0, 0.1) is 0 Å². The Morgan fingerprint density at radius 1 is 1.47 bits per heavy atom. The minimum Gasteiger partial charge on any atom is -0.493 e. The predicted molar refractivity (Wildman–Crippen MR) is 68.4 cm³/mol. The van der Waals surface area contributed by atoms with Crippen molar-refractivity contribution in [3.63, 3.8) is 0 Å². The van der Waals surface area contributed by atoms with Gasteiger partial charge in [0.05, 0.1) is 13.2 Å². The fourth-order valence-electron chi connectivity index (χ4n) is 2.27. The molecule has 2 rings (SSSR count). The largest absolute Gasteiger partial charge is 0.493 e.